The highest BCUT2D eigenvalue weighted by Gasteiger charge is 2.24. The van der Waals surface area contributed by atoms with Gasteiger partial charge in [0.1, 0.15) is 21.6 Å². The molecule has 1 unspecified atom stereocenters. The lowest BCUT2D eigenvalue weighted by Gasteiger charge is -2.19. The summed E-state index contributed by atoms with van der Waals surface area (Å²) >= 11 is 3.30. The minimum Gasteiger partial charge on any atom is -0.494 e. The molecule has 0 aliphatic carbocycles. The first-order chi connectivity index (χ1) is 13.7. The molecular weight excluding hydrogens is 460 g/mol. The number of carbonyl (C=O) groups excluding carboxylic acids is 2. The highest BCUT2D eigenvalue weighted by atomic mass is 79.9. The molecule has 0 aliphatic heterocycles. The average molecular weight is 483 g/mol. The van der Waals surface area contributed by atoms with E-state index in [-0.39, 0.29) is 12.2 Å². The van der Waals surface area contributed by atoms with Crippen LogP contribution >= 0.6 is 15.9 Å². The van der Waals surface area contributed by atoms with Crippen LogP contribution in [0.15, 0.2) is 53.0 Å². The molecule has 0 spiro atoms. The quantitative estimate of drug-likeness (QED) is 0.571. The van der Waals surface area contributed by atoms with Crippen molar-refractivity contribution >= 4 is 43.3 Å². The first-order valence-corrected chi connectivity index (χ1v) is 11.8. The van der Waals surface area contributed by atoms with Crippen LogP contribution in [0.4, 0.5) is 5.69 Å². The van der Waals surface area contributed by atoms with Gasteiger partial charge in [-0.25, -0.2) is 8.42 Å². The van der Waals surface area contributed by atoms with Gasteiger partial charge in [0.05, 0.1) is 17.9 Å². The molecule has 9 heteroatoms. The van der Waals surface area contributed by atoms with E-state index in [4.69, 9.17) is 4.74 Å². The maximum atomic E-state index is 12.7. The van der Waals surface area contributed by atoms with E-state index >= 15 is 0 Å². The van der Waals surface area contributed by atoms with Gasteiger partial charge in [-0.1, -0.05) is 12.1 Å². The molecule has 1 atom stereocenters. The molecule has 2 amide bonds. The summed E-state index contributed by atoms with van der Waals surface area (Å²) in [7, 11) is -3.30. The van der Waals surface area contributed by atoms with Crippen LogP contribution in [0, 0.1) is 0 Å². The Morgan fingerprint density at radius 1 is 1.10 bits per heavy atom. The second kappa shape index (κ2) is 10.4. The number of ether oxygens (including phenoxy) is 1. The molecule has 2 aromatic rings. The van der Waals surface area contributed by atoms with Crippen molar-refractivity contribution in [3.8, 4) is 5.75 Å². The number of rotatable bonds is 9. The zero-order valence-corrected chi connectivity index (χ0v) is 18.5. The second-order valence-electron chi connectivity index (χ2n) is 6.37. The van der Waals surface area contributed by atoms with Gasteiger partial charge in [0.2, 0.25) is 5.91 Å². The van der Waals surface area contributed by atoms with Gasteiger partial charge in [-0.2, -0.15) is 0 Å². The Morgan fingerprint density at radius 2 is 1.76 bits per heavy atom. The number of hydrogen-bond donors (Lipinski definition) is 2. The molecule has 2 rings (SSSR count). The Labute approximate surface area is 178 Å². The van der Waals surface area contributed by atoms with Gasteiger partial charge < -0.3 is 15.4 Å². The Morgan fingerprint density at radius 3 is 2.34 bits per heavy atom. The topological polar surface area (TPSA) is 102 Å². The van der Waals surface area contributed by atoms with Gasteiger partial charge in [0.25, 0.3) is 5.91 Å². The predicted molar refractivity (Wildman–Crippen MR) is 116 cm³/mol. The molecule has 2 N–H and O–H groups in total. The summed E-state index contributed by atoms with van der Waals surface area (Å²) in [6.07, 6.45) is 1.04. The van der Waals surface area contributed by atoms with E-state index in [0.29, 0.717) is 28.1 Å². The van der Waals surface area contributed by atoms with Gasteiger partial charge in [-0.05, 0) is 65.7 Å². The van der Waals surface area contributed by atoms with Crippen molar-refractivity contribution in [2.45, 2.75) is 19.4 Å². The molecule has 0 heterocycles. The molecule has 156 valence electrons. The zero-order chi connectivity index (χ0) is 21.4. The highest BCUT2D eigenvalue weighted by molar-refractivity contribution is 9.10. The normalized spacial score (nSPS) is 12.1. The summed E-state index contributed by atoms with van der Waals surface area (Å²) in [5, 5.41) is 5.33. The van der Waals surface area contributed by atoms with Crippen molar-refractivity contribution in [3.63, 3.8) is 0 Å². The van der Waals surface area contributed by atoms with Crippen LogP contribution in [0.3, 0.4) is 0 Å². The number of anilines is 1. The minimum atomic E-state index is -3.30. The van der Waals surface area contributed by atoms with Crippen LogP contribution in [0.5, 0.6) is 5.75 Å². The fraction of sp³-hybridized carbons (Fsp3) is 0.300. The van der Waals surface area contributed by atoms with Gasteiger partial charge in [-0.3, -0.25) is 9.59 Å². The van der Waals surface area contributed by atoms with E-state index in [0.717, 1.165) is 6.26 Å². The summed E-state index contributed by atoms with van der Waals surface area (Å²) in [6, 6.07) is 12.5. The zero-order valence-electron chi connectivity index (χ0n) is 16.1. The second-order valence-corrected chi connectivity index (χ2v) is 9.49. The monoisotopic (exact) mass is 482 g/mol. The molecule has 0 saturated carbocycles. The number of benzene rings is 2. The summed E-state index contributed by atoms with van der Waals surface area (Å²) < 4.78 is 29.1. The molecule has 0 bridgehead atoms. The lowest BCUT2D eigenvalue weighted by atomic mass is 10.1. The Balaban J connectivity index is 2.14. The van der Waals surface area contributed by atoms with E-state index in [1.165, 1.54) is 0 Å². The van der Waals surface area contributed by atoms with Crippen molar-refractivity contribution < 1.29 is 22.7 Å². The predicted octanol–water partition coefficient (Wildman–Crippen LogP) is 3.02. The first kappa shape index (κ1) is 22.9. The Kier molecular flexibility index (Phi) is 8.21. The van der Waals surface area contributed by atoms with Crippen molar-refractivity contribution in [1.29, 1.82) is 0 Å². The van der Waals surface area contributed by atoms with Crippen LogP contribution in [0.25, 0.3) is 0 Å². The summed E-state index contributed by atoms with van der Waals surface area (Å²) in [5.74, 6) is -0.540. The smallest absolute Gasteiger partial charge is 0.253 e. The minimum absolute atomic E-state index is 0.0438. The number of sulfone groups is 1. The standard InChI is InChI=1S/C20H23BrN2O5S/c1-3-28-15-10-8-14(9-11-15)22-20(25)18(12-13-29(2,26)27)23-19(24)16-6-4-5-7-17(16)21/h4-11,18H,3,12-13H2,1-2H3,(H,22,25)(H,23,24). The van der Waals surface area contributed by atoms with Crippen LogP contribution in [0.1, 0.15) is 23.7 Å². The van der Waals surface area contributed by atoms with E-state index in [1.807, 2.05) is 6.92 Å². The lowest BCUT2D eigenvalue weighted by molar-refractivity contribution is -0.118. The van der Waals surface area contributed by atoms with E-state index in [2.05, 4.69) is 26.6 Å². The molecule has 2 aromatic carbocycles. The third-order valence-electron chi connectivity index (χ3n) is 3.95. The molecule has 0 aromatic heterocycles. The number of halogens is 1. The Hall–Kier alpha value is -2.39. The number of nitrogens with one attached hydrogen (secondary N) is 2. The number of amides is 2. The van der Waals surface area contributed by atoms with E-state index in [9.17, 15) is 18.0 Å². The Bertz CT molecular complexity index is 961. The maximum Gasteiger partial charge on any atom is 0.253 e. The van der Waals surface area contributed by atoms with Crippen LogP contribution < -0.4 is 15.4 Å². The summed E-state index contributed by atoms with van der Waals surface area (Å²) in [6.45, 7) is 2.40. The number of hydrogen-bond acceptors (Lipinski definition) is 5. The fourth-order valence-electron chi connectivity index (χ4n) is 2.51. The SMILES string of the molecule is CCOc1ccc(NC(=O)C(CCS(C)(=O)=O)NC(=O)c2ccccc2Br)cc1. The molecular formula is C20H23BrN2O5S. The van der Waals surface area contributed by atoms with Gasteiger partial charge in [0, 0.05) is 16.4 Å². The van der Waals surface area contributed by atoms with Crippen LogP contribution in [0.2, 0.25) is 0 Å². The van der Waals surface area contributed by atoms with Crippen molar-refractivity contribution in [1.82, 2.24) is 5.32 Å². The molecule has 0 saturated heterocycles. The third-order valence-corrected chi connectivity index (χ3v) is 5.62. The van der Waals surface area contributed by atoms with Gasteiger partial charge >= 0.3 is 0 Å². The van der Waals surface area contributed by atoms with Gasteiger partial charge in [-0.15, -0.1) is 0 Å². The van der Waals surface area contributed by atoms with Gasteiger partial charge in [0.15, 0.2) is 0 Å². The molecule has 0 fully saturated rings. The maximum absolute atomic E-state index is 12.7. The van der Waals surface area contributed by atoms with Crippen molar-refractivity contribution in [2.75, 3.05) is 23.9 Å². The van der Waals surface area contributed by atoms with Crippen LogP contribution in [-0.4, -0.2) is 44.9 Å². The fourth-order valence-corrected chi connectivity index (χ4v) is 3.64. The van der Waals surface area contributed by atoms with Crippen molar-refractivity contribution in [3.05, 3.63) is 58.6 Å². The molecule has 29 heavy (non-hydrogen) atoms. The van der Waals surface area contributed by atoms with Crippen LogP contribution in [-0.2, 0) is 14.6 Å². The molecule has 7 nitrogen and oxygen atoms in total. The molecule has 0 radical (unpaired) electrons. The third kappa shape index (κ3) is 7.51. The average Bonchev–Trinajstić information content (AvgIpc) is 2.66. The van der Waals surface area contributed by atoms with E-state index in [1.54, 1.807) is 48.5 Å². The lowest BCUT2D eigenvalue weighted by Crippen LogP contribution is -2.44. The number of carbonyl (C=O) groups is 2. The molecule has 0 aliphatic rings. The summed E-state index contributed by atoms with van der Waals surface area (Å²) in [5.41, 5.74) is 0.865. The summed E-state index contributed by atoms with van der Waals surface area (Å²) in [4.78, 5) is 25.3. The highest BCUT2D eigenvalue weighted by Crippen LogP contribution is 2.18. The van der Waals surface area contributed by atoms with Crippen molar-refractivity contribution in [2.24, 2.45) is 0 Å². The largest absolute Gasteiger partial charge is 0.494 e. The first-order valence-electron chi connectivity index (χ1n) is 8.96. The van der Waals surface area contributed by atoms with E-state index < -0.39 is 27.7 Å².